The van der Waals surface area contributed by atoms with Crippen molar-refractivity contribution in [3.8, 4) is 17.4 Å². The minimum absolute atomic E-state index is 0.0322. The maximum Gasteiger partial charge on any atom is 0.236 e. The van der Waals surface area contributed by atoms with Crippen LogP contribution in [0, 0.1) is 5.41 Å². The summed E-state index contributed by atoms with van der Waals surface area (Å²) in [7, 11) is 0. The van der Waals surface area contributed by atoms with Crippen LogP contribution in [0.3, 0.4) is 0 Å². The second-order valence-electron chi connectivity index (χ2n) is 6.14. The molecule has 0 bridgehead atoms. The van der Waals surface area contributed by atoms with E-state index in [1.165, 1.54) is 0 Å². The van der Waals surface area contributed by atoms with Crippen LogP contribution >= 0.6 is 34.7 Å². The molecule has 0 amide bonds. The molecule has 0 aliphatic carbocycles. The summed E-state index contributed by atoms with van der Waals surface area (Å²) in [6.45, 7) is 1.79. The Morgan fingerprint density at radius 1 is 1.24 bits per heavy atom. The van der Waals surface area contributed by atoms with E-state index >= 15 is 0 Å². The van der Waals surface area contributed by atoms with Gasteiger partial charge in [-0.1, -0.05) is 23.2 Å². The molecule has 0 saturated heterocycles. The number of aliphatic hydroxyl groups is 1. The molecule has 0 radical (unpaired) electrons. The van der Waals surface area contributed by atoms with Crippen LogP contribution in [0.1, 0.15) is 12.5 Å². The smallest absolute Gasteiger partial charge is 0.236 e. The van der Waals surface area contributed by atoms with Gasteiger partial charge in [0, 0.05) is 23.3 Å². The molecule has 29 heavy (non-hydrogen) atoms. The predicted molar refractivity (Wildman–Crippen MR) is 117 cm³/mol. The average molecular weight is 453 g/mol. The van der Waals surface area contributed by atoms with Gasteiger partial charge in [0.15, 0.2) is 0 Å². The predicted octanol–water partition coefficient (Wildman–Crippen LogP) is 4.99. The van der Waals surface area contributed by atoms with Crippen molar-refractivity contribution >= 4 is 51.3 Å². The fourth-order valence-electron chi connectivity index (χ4n) is 2.35. The molecule has 0 unspecified atom stereocenters. The quantitative estimate of drug-likeness (QED) is 0.255. The molecule has 0 spiro atoms. The van der Waals surface area contributed by atoms with Gasteiger partial charge in [0.1, 0.15) is 27.9 Å². The number of hydrogen-bond donors (Lipinski definition) is 5. The van der Waals surface area contributed by atoms with Crippen LogP contribution in [0.25, 0.3) is 0 Å². The second-order valence-corrected chi connectivity index (χ2v) is 7.76. The van der Waals surface area contributed by atoms with Gasteiger partial charge in [-0.2, -0.15) is 4.37 Å². The molecule has 0 aliphatic heterocycles. The summed E-state index contributed by atoms with van der Waals surface area (Å²) in [6, 6.07) is 12.0. The van der Waals surface area contributed by atoms with Gasteiger partial charge in [0.25, 0.3) is 0 Å². The van der Waals surface area contributed by atoms with Crippen LogP contribution in [-0.4, -0.2) is 33.1 Å². The van der Waals surface area contributed by atoms with Crippen LogP contribution in [-0.2, 0) is 0 Å². The Balaban J connectivity index is 1.72. The van der Waals surface area contributed by atoms with E-state index in [0.29, 0.717) is 32.2 Å². The summed E-state index contributed by atoms with van der Waals surface area (Å²) in [4.78, 5) is 0. The van der Waals surface area contributed by atoms with Crippen LogP contribution in [0.4, 0.5) is 10.7 Å². The van der Waals surface area contributed by atoms with E-state index in [1.54, 1.807) is 49.4 Å². The van der Waals surface area contributed by atoms with Crippen molar-refractivity contribution in [1.29, 1.82) is 5.41 Å². The number of rotatable bonds is 7. The molecule has 5 N–H and O–H groups in total. The zero-order valence-electron chi connectivity index (χ0n) is 15.2. The molecule has 0 fully saturated rings. The largest absolute Gasteiger partial charge is 0.492 e. The van der Waals surface area contributed by atoms with E-state index in [1.807, 2.05) is 0 Å². The maximum atomic E-state index is 9.97. The number of amidine groups is 1. The highest BCUT2D eigenvalue weighted by Crippen LogP contribution is 2.34. The van der Waals surface area contributed by atoms with Crippen molar-refractivity contribution in [3.63, 3.8) is 0 Å². The Morgan fingerprint density at radius 3 is 2.66 bits per heavy atom. The standard InChI is InChI=1S/C19H18Cl2N4O3S/c1-10(26)9-23-17(22)16-18(27)25-29-19(16)24-12-3-5-13(6-4-12)28-15-8-11(20)2-7-14(15)21/h2-8,10,24,26H,9H2,1H3,(H2,22,23)(H,25,27)/t10-/m1/s1. The number of ether oxygens (including phenoxy) is 1. The van der Waals surface area contributed by atoms with E-state index < -0.39 is 6.10 Å². The number of aromatic hydroxyl groups is 1. The molecule has 1 atom stereocenters. The molecule has 1 heterocycles. The lowest BCUT2D eigenvalue weighted by Crippen LogP contribution is -2.30. The molecule has 10 heteroatoms. The Kier molecular flexibility index (Phi) is 6.81. The van der Waals surface area contributed by atoms with Gasteiger partial charge < -0.3 is 25.6 Å². The first-order valence-corrected chi connectivity index (χ1v) is 10.1. The second kappa shape index (κ2) is 9.32. The molecule has 0 saturated carbocycles. The minimum atomic E-state index is -0.624. The normalized spacial score (nSPS) is 11.7. The molecule has 3 rings (SSSR count). The van der Waals surface area contributed by atoms with Crippen molar-refractivity contribution in [2.45, 2.75) is 13.0 Å². The number of hydrogen-bond acceptors (Lipinski definition) is 7. The van der Waals surface area contributed by atoms with Gasteiger partial charge in [-0.05, 0) is 54.9 Å². The van der Waals surface area contributed by atoms with Crippen LogP contribution in [0.15, 0.2) is 42.5 Å². The molecule has 3 aromatic rings. The maximum absolute atomic E-state index is 9.97. The first-order valence-electron chi connectivity index (χ1n) is 8.53. The highest BCUT2D eigenvalue weighted by molar-refractivity contribution is 7.11. The summed E-state index contributed by atoms with van der Waals surface area (Å²) in [5.41, 5.74) is 0.949. The number of halogens is 2. The lowest BCUT2D eigenvalue weighted by molar-refractivity contribution is 0.198. The highest BCUT2D eigenvalue weighted by atomic mass is 35.5. The number of anilines is 2. The topological polar surface area (TPSA) is 110 Å². The van der Waals surface area contributed by atoms with E-state index in [9.17, 15) is 10.2 Å². The number of benzene rings is 2. The fourth-order valence-corrected chi connectivity index (χ4v) is 3.39. The van der Waals surface area contributed by atoms with Gasteiger partial charge in [-0.25, -0.2) is 0 Å². The average Bonchev–Trinajstić information content (AvgIpc) is 3.04. The molecule has 0 aliphatic rings. The van der Waals surface area contributed by atoms with Crippen molar-refractivity contribution < 1.29 is 14.9 Å². The molecular formula is C19H18Cl2N4O3S. The van der Waals surface area contributed by atoms with Crippen molar-refractivity contribution in [3.05, 3.63) is 58.1 Å². The molecule has 2 aromatic carbocycles. The molecular weight excluding hydrogens is 435 g/mol. The van der Waals surface area contributed by atoms with Gasteiger partial charge in [0.2, 0.25) is 5.88 Å². The monoisotopic (exact) mass is 452 g/mol. The number of aliphatic hydroxyl groups excluding tert-OH is 1. The third kappa shape index (κ3) is 5.51. The molecule has 7 nitrogen and oxygen atoms in total. The number of nitrogens with one attached hydrogen (secondary N) is 3. The third-order valence-electron chi connectivity index (χ3n) is 3.73. The lowest BCUT2D eigenvalue weighted by Gasteiger charge is -2.12. The summed E-state index contributed by atoms with van der Waals surface area (Å²) in [5.74, 6) is 0.733. The summed E-state index contributed by atoms with van der Waals surface area (Å²) in [6.07, 6.45) is -0.624. The molecule has 152 valence electrons. The Hall–Kier alpha value is -2.52. The van der Waals surface area contributed by atoms with E-state index in [4.69, 9.17) is 33.3 Å². The van der Waals surface area contributed by atoms with E-state index in [0.717, 1.165) is 11.5 Å². The number of nitrogens with zero attached hydrogens (tertiary/aromatic N) is 1. The Labute approximate surface area is 181 Å². The van der Waals surface area contributed by atoms with Gasteiger partial charge in [0.05, 0.1) is 11.1 Å². The first kappa shape index (κ1) is 21.2. The van der Waals surface area contributed by atoms with Crippen LogP contribution in [0.5, 0.6) is 17.4 Å². The molecule has 1 aromatic heterocycles. The van der Waals surface area contributed by atoms with Crippen LogP contribution < -0.4 is 15.4 Å². The van der Waals surface area contributed by atoms with Gasteiger partial charge >= 0.3 is 0 Å². The van der Waals surface area contributed by atoms with E-state index in [-0.39, 0.29) is 23.8 Å². The van der Waals surface area contributed by atoms with Crippen LogP contribution in [0.2, 0.25) is 10.0 Å². The van der Waals surface area contributed by atoms with Gasteiger partial charge in [-0.3, -0.25) is 5.41 Å². The minimum Gasteiger partial charge on any atom is -0.492 e. The van der Waals surface area contributed by atoms with Crippen molar-refractivity contribution in [1.82, 2.24) is 9.69 Å². The lowest BCUT2D eigenvalue weighted by atomic mass is 10.2. The van der Waals surface area contributed by atoms with Crippen molar-refractivity contribution in [2.24, 2.45) is 0 Å². The van der Waals surface area contributed by atoms with Gasteiger partial charge in [-0.15, -0.1) is 0 Å². The zero-order valence-corrected chi connectivity index (χ0v) is 17.6. The first-order chi connectivity index (χ1) is 13.8. The SMILES string of the molecule is C[C@@H](O)CNC(=N)c1c(O)nsc1Nc1ccc(Oc2cc(Cl)ccc2Cl)cc1. The summed E-state index contributed by atoms with van der Waals surface area (Å²) >= 11 is 13.1. The Morgan fingerprint density at radius 2 is 1.97 bits per heavy atom. The highest BCUT2D eigenvalue weighted by Gasteiger charge is 2.18. The third-order valence-corrected chi connectivity index (χ3v) is 5.03. The zero-order chi connectivity index (χ0) is 21.0. The Bertz CT molecular complexity index is 1010. The number of aromatic nitrogens is 1. The van der Waals surface area contributed by atoms with Crippen molar-refractivity contribution in [2.75, 3.05) is 11.9 Å². The fraction of sp³-hybridized carbons (Fsp3) is 0.158. The summed E-state index contributed by atoms with van der Waals surface area (Å²) < 4.78 is 9.65. The van der Waals surface area contributed by atoms with E-state index in [2.05, 4.69) is 15.0 Å². The summed E-state index contributed by atoms with van der Waals surface area (Å²) in [5, 5.41) is 34.8.